The van der Waals surface area contributed by atoms with E-state index in [0.717, 1.165) is 12.8 Å². The molecule has 1 rings (SSSR count). The first-order valence-electron chi connectivity index (χ1n) is 5.60. The van der Waals surface area contributed by atoms with Gasteiger partial charge in [0.25, 0.3) is 0 Å². The van der Waals surface area contributed by atoms with Crippen LogP contribution in [0.15, 0.2) is 24.3 Å². The monoisotopic (exact) mass is 207 g/mol. The fraction of sp³-hybridized carbons (Fsp3) is 0.538. The lowest BCUT2D eigenvalue weighted by Crippen LogP contribution is -2.29. The Hall–Kier alpha value is -1.02. The molecule has 0 aliphatic carbocycles. The Morgan fingerprint density at radius 3 is 2.60 bits per heavy atom. The van der Waals surface area contributed by atoms with Crippen molar-refractivity contribution in [2.75, 3.05) is 18.5 Å². The molecule has 0 aromatic heterocycles. The van der Waals surface area contributed by atoms with Crippen molar-refractivity contribution in [3.05, 3.63) is 29.8 Å². The third-order valence-corrected chi connectivity index (χ3v) is 2.63. The van der Waals surface area contributed by atoms with E-state index in [9.17, 15) is 5.11 Å². The highest BCUT2D eigenvalue weighted by atomic mass is 16.3. The number of aliphatic hydroxyl groups is 1. The Kier molecular flexibility index (Phi) is 4.63. The summed E-state index contributed by atoms with van der Waals surface area (Å²) in [6.07, 6.45) is 1.68. The van der Waals surface area contributed by atoms with Crippen molar-refractivity contribution in [3.8, 4) is 0 Å². The highest BCUT2D eigenvalue weighted by Crippen LogP contribution is 2.18. The third-order valence-electron chi connectivity index (χ3n) is 2.63. The zero-order valence-corrected chi connectivity index (χ0v) is 9.90. The predicted octanol–water partition coefficient (Wildman–Crippen LogP) is 2.59. The van der Waals surface area contributed by atoms with Gasteiger partial charge < -0.3 is 10.0 Å². The molecule has 84 valence electrons. The molecule has 1 unspecified atom stereocenters. The molecule has 1 aromatic carbocycles. The van der Waals surface area contributed by atoms with Gasteiger partial charge in [-0.05, 0) is 25.0 Å². The highest BCUT2D eigenvalue weighted by Gasteiger charge is 2.08. The van der Waals surface area contributed by atoms with Crippen LogP contribution in [0.25, 0.3) is 0 Å². The molecule has 0 bridgehead atoms. The van der Waals surface area contributed by atoms with Crippen molar-refractivity contribution >= 4 is 5.69 Å². The number of likely N-dealkylation sites (N-methyl/N-ethyl adjacent to an activating group) is 1. The van der Waals surface area contributed by atoms with E-state index in [2.05, 4.69) is 30.9 Å². The van der Waals surface area contributed by atoms with Gasteiger partial charge in [0, 0.05) is 19.3 Å². The molecule has 1 atom stereocenters. The number of nitrogens with zero attached hydrogens (tertiary/aromatic N) is 1. The smallest absolute Gasteiger partial charge is 0.0714 e. The van der Waals surface area contributed by atoms with Gasteiger partial charge in [-0.25, -0.2) is 0 Å². The zero-order valence-electron chi connectivity index (χ0n) is 9.90. The molecule has 1 aromatic rings. The molecular formula is C13H21NO. The van der Waals surface area contributed by atoms with Gasteiger partial charge in [0.2, 0.25) is 0 Å². The van der Waals surface area contributed by atoms with Crippen molar-refractivity contribution < 1.29 is 5.11 Å². The Bertz CT molecular complexity index is 298. The molecule has 0 aliphatic rings. The number of anilines is 1. The summed E-state index contributed by atoms with van der Waals surface area (Å²) >= 11 is 0. The Balaban J connectivity index is 2.61. The molecule has 1 N–H and O–H groups in total. The van der Waals surface area contributed by atoms with Gasteiger partial charge in [0.05, 0.1) is 6.10 Å². The number of benzene rings is 1. The Labute approximate surface area is 92.5 Å². The molecule has 0 fully saturated rings. The topological polar surface area (TPSA) is 23.5 Å². The maximum absolute atomic E-state index is 9.73. The Morgan fingerprint density at radius 1 is 1.33 bits per heavy atom. The summed E-state index contributed by atoms with van der Waals surface area (Å²) in [4.78, 5) is 2.12. The van der Waals surface area contributed by atoms with Gasteiger partial charge in [0.1, 0.15) is 0 Å². The fourth-order valence-electron chi connectivity index (χ4n) is 1.83. The Morgan fingerprint density at radius 2 is 2.00 bits per heavy atom. The first-order chi connectivity index (χ1) is 7.15. The zero-order chi connectivity index (χ0) is 11.3. The lowest BCUT2D eigenvalue weighted by atomic mass is 10.1. The van der Waals surface area contributed by atoms with Gasteiger partial charge in [-0.2, -0.15) is 0 Å². The minimum atomic E-state index is -0.223. The van der Waals surface area contributed by atoms with Gasteiger partial charge in [-0.1, -0.05) is 31.5 Å². The quantitative estimate of drug-likeness (QED) is 0.802. The summed E-state index contributed by atoms with van der Waals surface area (Å²) in [5, 5.41) is 9.73. The SMILES string of the molecule is CCCC(O)CN(C)c1ccccc1C. The van der Waals surface area contributed by atoms with Gasteiger partial charge >= 0.3 is 0 Å². The first kappa shape index (κ1) is 12.1. The van der Waals surface area contributed by atoms with E-state index < -0.39 is 0 Å². The average Bonchev–Trinajstić information content (AvgIpc) is 2.18. The molecule has 0 radical (unpaired) electrons. The van der Waals surface area contributed by atoms with Crippen LogP contribution in [-0.4, -0.2) is 24.8 Å². The summed E-state index contributed by atoms with van der Waals surface area (Å²) in [6.45, 7) is 4.90. The molecule has 0 spiro atoms. The van der Waals surface area contributed by atoms with Crippen LogP contribution in [0.3, 0.4) is 0 Å². The maximum Gasteiger partial charge on any atom is 0.0714 e. The van der Waals surface area contributed by atoms with Crippen molar-refractivity contribution in [1.29, 1.82) is 0 Å². The first-order valence-corrected chi connectivity index (χ1v) is 5.60. The number of hydrogen-bond acceptors (Lipinski definition) is 2. The highest BCUT2D eigenvalue weighted by molar-refractivity contribution is 5.52. The number of para-hydroxylation sites is 1. The molecule has 0 heterocycles. The number of aliphatic hydroxyl groups excluding tert-OH is 1. The second-order valence-electron chi connectivity index (χ2n) is 4.11. The lowest BCUT2D eigenvalue weighted by molar-refractivity contribution is 0.170. The molecular weight excluding hydrogens is 186 g/mol. The molecule has 0 aliphatic heterocycles. The minimum absolute atomic E-state index is 0.223. The predicted molar refractivity (Wildman–Crippen MR) is 65.4 cm³/mol. The van der Waals surface area contributed by atoms with Gasteiger partial charge in [-0.3, -0.25) is 0 Å². The van der Waals surface area contributed by atoms with Gasteiger partial charge in [-0.15, -0.1) is 0 Å². The fourth-order valence-corrected chi connectivity index (χ4v) is 1.83. The van der Waals surface area contributed by atoms with Crippen LogP contribution < -0.4 is 4.90 Å². The van der Waals surface area contributed by atoms with Crippen LogP contribution in [0.1, 0.15) is 25.3 Å². The van der Waals surface area contributed by atoms with E-state index in [-0.39, 0.29) is 6.10 Å². The van der Waals surface area contributed by atoms with Crippen LogP contribution >= 0.6 is 0 Å². The second-order valence-corrected chi connectivity index (χ2v) is 4.11. The van der Waals surface area contributed by atoms with E-state index in [1.54, 1.807) is 0 Å². The van der Waals surface area contributed by atoms with Crippen LogP contribution in [-0.2, 0) is 0 Å². The molecule has 0 saturated heterocycles. The van der Waals surface area contributed by atoms with Crippen LogP contribution in [0.4, 0.5) is 5.69 Å². The van der Waals surface area contributed by atoms with E-state index >= 15 is 0 Å². The summed E-state index contributed by atoms with van der Waals surface area (Å²) < 4.78 is 0. The van der Waals surface area contributed by atoms with Crippen molar-refractivity contribution in [1.82, 2.24) is 0 Å². The molecule has 0 saturated carbocycles. The van der Waals surface area contributed by atoms with Crippen LogP contribution in [0.2, 0.25) is 0 Å². The summed E-state index contributed by atoms with van der Waals surface area (Å²) in [7, 11) is 2.03. The molecule has 0 amide bonds. The van der Waals surface area contributed by atoms with Crippen LogP contribution in [0.5, 0.6) is 0 Å². The van der Waals surface area contributed by atoms with E-state index in [0.29, 0.717) is 6.54 Å². The van der Waals surface area contributed by atoms with Crippen molar-refractivity contribution in [2.45, 2.75) is 32.8 Å². The second kappa shape index (κ2) is 5.76. The van der Waals surface area contributed by atoms with Crippen molar-refractivity contribution in [3.63, 3.8) is 0 Å². The van der Waals surface area contributed by atoms with Crippen LogP contribution in [0, 0.1) is 6.92 Å². The third kappa shape index (κ3) is 3.56. The molecule has 2 nitrogen and oxygen atoms in total. The summed E-state index contributed by atoms with van der Waals surface area (Å²) in [6, 6.07) is 8.26. The van der Waals surface area contributed by atoms with E-state index in [1.807, 2.05) is 19.2 Å². The summed E-state index contributed by atoms with van der Waals surface area (Å²) in [5.74, 6) is 0. The largest absolute Gasteiger partial charge is 0.391 e. The number of rotatable bonds is 5. The number of hydrogen-bond donors (Lipinski definition) is 1. The maximum atomic E-state index is 9.73. The van der Waals surface area contributed by atoms with Crippen molar-refractivity contribution in [2.24, 2.45) is 0 Å². The van der Waals surface area contributed by atoms with Gasteiger partial charge in [0.15, 0.2) is 0 Å². The standard InChI is InChI=1S/C13H21NO/c1-4-7-12(15)10-14(3)13-9-6-5-8-11(13)2/h5-6,8-9,12,15H,4,7,10H2,1-3H3. The minimum Gasteiger partial charge on any atom is -0.391 e. The normalized spacial score (nSPS) is 12.5. The molecule has 2 heteroatoms. The lowest BCUT2D eigenvalue weighted by Gasteiger charge is -2.24. The number of aryl methyl sites for hydroxylation is 1. The average molecular weight is 207 g/mol. The van der Waals surface area contributed by atoms with E-state index in [1.165, 1.54) is 11.3 Å². The summed E-state index contributed by atoms with van der Waals surface area (Å²) in [5.41, 5.74) is 2.45. The van der Waals surface area contributed by atoms with E-state index in [4.69, 9.17) is 0 Å². The molecule has 15 heavy (non-hydrogen) atoms.